The van der Waals surface area contributed by atoms with Crippen LogP contribution in [-0.2, 0) is 20.7 Å². The van der Waals surface area contributed by atoms with Gasteiger partial charge < -0.3 is 26.4 Å². The average molecular weight is 581 g/mol. The van der Waals surface area contributed by atoms with Crippen LogP contribution in [-0.4, -0.2) is 49.2 Å². The Kier molecular flexibility index (Phi) is 11.2. The summed E-state index contributed by atoms with van der Waals surface area (Å²) in [4.78, 5) is 37.4. The first kappa shape index (κ1) is 32.2. The molecule has 1 aliphatic heterocycles. The van der Waals surface area contributed by atoms with Crippen molar-refractivity contribution in [2.24, 2.45) is 11.1 Å². The molecular formula is C32H38F2N4O4. The number of rotatable bonds is 14. The Morgan fingerprint density at radius 2 is 1.64 bits per heavy atom. The van der Waals surface area contributed by atoms with Crippen LogP contribution in [0, 0.1) is 5.41 Å². The highest BCUT2D eigenvalue weighted by atomic mass is 19.1. The average Bonchev–Trinajstić information content (AvgIpc) is 3.30. The normalized spacial score (nSPS) is 17.5. The predicted molar refractivity (Wildman–Crippen MR) is 158 cm³/mol. The van der Waals surface area contributed by atoms with Gasteiger partial charge in [-0.2, -0.15) is 0 Å². The van der Waals surface area contributed by atoms with Crippen LogP contribution in [0.25, 0.3) is 11.1 Å². The van der Waals surface area contributed by atoms with Crippen molar-refractivity contribution in [3.63, 3.8) is 0 Å². The van der Waals surface area contributed by atoms with Gasteiger partial charge >= 0.3 is 6.09 Å². The Morgan fingerprint density at radius 1 is 1.02 bits per heavy atom. The van der Waals surface area contributed by atoms with E-state index in [4.69, 9.17) is 10.5 Å². The molecule has 224 valence electrons. The van der Waals surface area contributed by atoms with E-state index in [2.05, 4.69) is 29.1 Å². The van der Waals surface area contributed by atoms with E-state index in [1.54, 1.807) is 0 Å². The second-order valence-electron chi connectivity index (χ2n) is 11.2. The summed E-state index contributed by atoms with van der Waals surface area (Å²) in [5.74, 6) is -2.50. The van der Waals surface area contributed by atoms with E-state index in [0.717, 1.165) is 22.8 Å². The topological polar surface area (TPSA) is 123 Å². The highest BCUT2D eigenvalue weighted by molar-refractivity contribution is 5.87. The molecule has 3 unspecified atom stereocenters. The van der Waals surface area contributed by atoms with Gasteiger partial charge in [-0.05, 0) is 46.6 Å². The fourth-order valence-electron chi connectivity index (χ4n) is 4.50. The maximum atomic E-state index is 13.5. The van der Waals surface area contributed by atoms with Gasteiger partial charge in [0.2, 0.25) is 12.0 Å². The molecule has 1 heterocycles. The Bertz CT molecular complexity index is 1330. The first-order chi connectivity index (χ1) is 19.8. The molecule has 1 saturated heterocycles. The van der Waals surface area contributed by atoms with Gasteiger partial charge in [0.1, 0.15) is 11.7 Å². The molecule has 0 aliphatic carbocycles. The minimum Gasteiger partial charge on any atom is -0.434 e. The highest BCUT2D eigenvalue weighted by Crippen LogP contribution is 2.22. The van der Waals surface area contributed by atoms with Gasteiger partial charge in [-0.1, -0.05) is 81.6 Å². The molecule has 3 rings (SSSR count). The molecule has 1 aliphatic rings. The van der Waals surface area contributed by atoms with Crippen LogP contribution >= 0.6 is 0 Å². The number of nitrogens with one attached hydrogen (secondary N) is 3. The number of hydrogen-bond acceptors (Lipinski definition) is 5. The molecule has 3 atom stereocenters. The van der Waals surface area contributed by atoms with E-state index in [0.29, 0.717) is 6.42 Å². The fraction of sp³-hybridized carbons (Fsp3) is 0.344. The number of hydrogen-bond donors (Lipinski definition) is 4. The molecule has 8 nitrogen and oxygen atoms in total. The largest absolute Gasteiger partial charge is 0.434 e. The van der Waals surface area contributed by atoms with Crippen LogP contribution in [0.2, 0.25) is 0 Å². The molecule has 0 saturated carbocycles. The lowest BCUT2D eigenvalue weighted by Crippen LogP contribution is -2.48. The minimum absolute atomic E-state index is 0.0598. The van der Waals surface area contributed by atoms with Gasteiger partial charge in [0.15, 0.2) is 0 Å². The molecule has 10 heteroatoms. The van der Waals surface area contributed by atoms with Crippen LogP contribution in [0.3, 0.4) is 0 Å². The van der Waals surface area contributed by atoms with Gasteiger partial charge in [-0.25, -0.2) is 13.6 Å². The third-order valence-corrected chi connectivity index (χ3v) is 6.79. The molecule has 0 radical (unpaired) electrons. The van der Waals surface area contributed by atoms with Crippen molar-refractivity contribution in [1.82, 2.24) is 16.0 Å². The molecule has 3 amide bonds. The molecule has 1 fully saturated rings. The van der Waals surface area contributed by atoms with E-state index >= 15 is 0 Å². The van der Waals surface area contributed by atoms with Gasteiger partial charge in [0.25, 0.3) is 5.91 Å². The third-order valence-electron chi connectivity index (χ3n) is 6.79. The second kappa shape index (κ2) is 14.5. The summed E-state index contributed by atoms with van der Waals surface area (Å²) >= 11 is 0. The lowest BCUT2D eigenvalue weighted by molar-refractivity contribution is -0.129. The summed E-state index contributed by atoms with van der Waals surface area (Å²) < 4.78 is 31.8. The maximum Gasteiger partial charge on any atom is 0.408 e. The summed E-state index contributed by atoms with van der Waals surface area (Å²) in [7, 11) is 0. The number of ether oxygens (including phenoxy) is 1. The Labute approximate surface area is 245 Å². The van der Waals surface area contributed by atoms with Gasteiger partial charge in [0, 0.05) is 25.6 Å². The molecule has 2 aromatic rings. The van der Waals surface area contributed by atoms with Crippen LogP contribution < -0.4 is 21.7 Å². The van der Waals surface area contributed by atoms with Crippen molar-refractivity contribution < 1.29 is 27.9 Å². The number of carbonyl (C=O) groups is 3. The minimum atomic E-state index is -1.01. The molecule has 0 bridgehead atoms. The molecule has 2 aromatic carbocycles. The van der Waals surface area contributed by atoms with Crippen molar-refractivity contribution in [1.29, 1.82) is 0 Å². The van der Waals surface area contributed by atoms with Gasteiger partial charge in [-0.3, -0.25) is 9.59 Å². The first-order valence-electron chi connectivity index (χ1n) is 13.6. The Balaban J connectivity index is 1.48. The Morgan fingerprint density at radius 3 is 2.26 bits per heavy atom. The number of carbonyl (C=O) groups excluding carboxylic acids is 3. The van der Waals surface area contributed by atoms with E-state index < -0.39 is 47.3 Å². The third kappa shape index (κ3) is 9.95. The first-order valence-corrected chi connectivity index (χ1v) is 13.6. The molecule has 0 aromatic heterocycles. The van der Waals surface area contributed by atoms with Crippen LogP contribution in [0.5, 0.6) is 0 Å². The number of cyclic esters (lactones) is 1. The van der Waals surface area contributed by atoms with Crippen LogP contribution in [0.4, 0.5) is 13.6 Å². The molecular weight excluding hydrogens is 542 g/mol. The van der Waals surface area contributed by atoms with Crippen molar-refractivity contribution >= 4 is 17.9 Å². The highest BCUT2D eigenvalue weighted by Gasteiger charge is 2.39. The summed E-state index contributed by atoms with van der Waals surface area (Å²) in [5.41, 5.74) is 8.42. The van der Waals surface area contributed by atoms with E-state index in [-0.39, 0.29) is 37.4 Å². The zero-order chi connectivity index (χ0) is 30.9. The van der Waals surface area contributed by atoms with E-state index in [1.807, 2.05) is 68.4 Å². The molecule has 0 spiro atoms. The summed E-state index contributed by atoms with van der Waals surface area (Å²) in [6.45, 7) is 10.3. The number of alkyl carbamates (subject to hydrolysis) is 1. The van der Waals surface area contributed by atoms with Crippen molar-refractivity contribution in [3.8, 4) is 11.1 Å². The quantitative estimate of drug-likeness (QED) is 0.243. The van der Waals surface area contributed by atoms with Crippen LogP contribution in [0.15, 0.2) is 91.1 Å². The van der Waals surface area contributed by atoms with Gasteiger partial charge in [0.05, 0.1) is 6.04 Å². The second-order valence-corrected chi connectivity index (χ2v) is 11.2. The van der Waals surface area contributed by atoms with Crippen molar-refractivity contribution in [2.75, 3.05) is 13.1 Å². The number of amides is 3. The standard InChI is InChI=1S/C32H38F2N4O4/c1-20(33)14-25(21(2)34)16-26(35)17-28(39)36-18-32(3,4)19-37-30(40)29-27(38-31(41)42-29)15-22-10-12-24(13-11-22)23-8-6-5-7-9-23/h5-14,26-27,29H,1-2,15-19,35H2,3-4H3,(H,36,39)(H,37,40)(H,38,41)/b25-14-. The van der Waals surface area contributed by atoms with E-state index in [9.17, 15) is 23.2 Å². The number of halogens is 2. The number of nitrogens with two attached hydrogens (primary N) is 1. The lowest BCUT2D eigenvalue weighted by Gasteiger charge is -2.27. The molecule has 5 N–H and O–H groups in total. The fourth-order valence-corrected chi connectivity index (χ4v) is 4.50. The predicted octanol–water partition coefficient (Wildman–Crippen LogP) is 4.63. The summed E-state index contributed by atoms with van der Waals surface area (Å²) in [6, 6.07) is 16.6. The number of benzene rings is 2. The summed E-state index contributed by atoms with van der Waals surface area (Å²) in [5, 5.41) is 8.29. The lowest BCUT2D eigenvalue weighted by atomic mass is 9.92. The SMILES string of the molecule is C=C(F)/C=C(/CC(N)CC(=O)NCC(C)(C)CNC(=O)C1OC(=O)NC1Cc1ccc(-c2ccccc2)cc1)C(=C)F. The summed E-state index contributed by atoms with van der Waals surface area (Å²) in [6.07, 6.45) is -0.571. The zero-order valence-electron chi connectivity index (χ0n) is 23.9. The maximum absolute atomic E-state index is 13.5. The smallest absolute Gasteiger partial charge is 0.408 e. The van der Waals surface area contributed by atoms with Crippen molar-refractivity contribution in [2.45, 2.75) is 51.3 Å². The monoisotopic (exact) mass is 580 g/mol. The Hall–Kier alpha value is -4.31. The van der Waals surface area contributed by atoms with Gasteiger partial charge in [-0.15, -0.1) is 0 Å². The molecule has 42 heavy (non-hydrogen) atoms. The zero-order valence-corrected chi connectivity index (χ0v) is 23.9. The van der Waals surface area contributed by atoms with Crippen molar-refractivity contribution in [3.05, 3.63) is 96.6 Å². The number of allylic oxidation sites excluding steroid dienone is 3. The van der Waals surface area contributed by atoms with E-state index in [1.165, 1.54) is 0 Å². The van der Waals surface area contributed by atoms with Crippen LogP contribution in [0.1, 0.15) is 32.3 Å².